The molecule has 7 heteroatoms. The van der Waals surface area contributed by atoms with Crippen LogP contribution in [0, 0.1) is 0 Å². The van der Waals surface area contributed by atoms with Gasteiger partial charge in [-0.1, -0.05) is 0 Å². The summed E-state index contributed by atoms with van der Waals surface area (Å²) in [7, 11) is 0. The molecule has 0 atom stereocenters. The molecule has 0 aliphatic heterocycles. The number of carbonyl (C=O) groups excluding carboxylic acids is 1. The number of hydrogen-bond acceptors (Lipinski definition) is 3. The van der Waals surface area contributed by atoms with Gasteiger partial charge in [0.25, 0.3) is 0 Å². The molecule has 3 rings (SSSR count). The lowest BCUT2D eigenvalue weighted by molar-refractivity contribution is 0.102. The number of benzene rings is 1. The zero-order chi connectivity index (χ0) is 15.0. The first kappa shape index (κ1) is 14.0. The van der Waals surface area contributed by atoms with Crippen molar-refractivity contribution in [3.63, 3.8) is 0 Å². The Morgan fingerprint density at radius 2 is 2.19 bits per heavy atom. The summed E-state index contributed by atoms with van der Waals surface area (Å²) < 4.78 is 2.12. The average Bonchev–Trinajstić information content (AvgIpc) is 2.86. The van der Waals surface area contributed by atoms with E-state index in [1.54, 1.807) is 36.7 Å². The van der Waals surface area contributed by atoms with E-state index in [1.165, 1.54) is 4.57 Å². The molecule has 2 heterocycles. The van der Waals surface area contributed by atoms with Crippen molar-refractivity contribution in [1.82, 2.24) is 14.5 Å². The number of aromatic amines is 1. The van der Waals surface area contributed by atoms with Crippen LogP contribution in [0.4, 0.5) is 0 Å². The van der Waals surface area contributed by atoms with Gasteiger partial charge >= 0.3 is 5.69 Å². The van der Waals surface area contributed by atoms with E-state index in [9.17, 15) is 9.59 Å². The van der Waals surface area contributed by atoms with Crippen molar-refractivity contribution >= 4 is 44.3 Å². The topological polar surface area (TPSA) is 67.8 Å². The summed E-state index contributed by atoms with van der Waals surface area (Å²) in [4.78, 5) is 31.1. The molecule has 0 amide bonds. The molecule has 0 fully saturated rings. The Balaban J connectivity index is 2.45. The van der Waals surface area contributed by atoms with Gasteiger partial charge in [-0.2, -0.15) is 0 Å². The van der Waals surface area contributed by atoms with E-state index in [1.807, 2.05) is 0 Å². The molecule has 0 radical (unpaired) electrons. The standard InChI is InChI=1S/C14H9BrClN3O2/c15-10-4-3-9(11(20)6-16)13-12(10)18-14(21)19(13)8-2-1-5-17-7-8/h1-5,7H,6H2,(H,18,21). The van der Waals surface area contributed by atoms with Crippen LogP contribution in [0.25, 0.3) is 16.7 Å². The van der Waals surface area contributed by atoms with E-state index in [2.05, 4.69) is 25.9 Å². The van der Waals surface area contributed by atoms with Crippen LogP contribution in [-0.2, 0) is 0 Å². The van der Waals surface area contributed by atoms with Gasteiger partial charge in [-0.25, -0.2) is 4.79 Å². The van der Waals surface area contributed by atoms with E-state index >= 15 is 0 Å². The number of imidazole rings is 1. The molecule has 1 aromatic carbocycles. The van der Waals surface area contributed by atoms with Crippen molar-refractivity contribution in [3.05, 3.63) is 57.2 Å². The van der Waals surface area contributed by atoms with Crippen molar-refractivity contribution in [3.8, 4) is 5.69 Å². The molecule has 2 aromatic heterocycles. The van der Waals surface area contributed by atoms with Crippen molar-refractivity contribution in [2.24, 2.45) is 0 Å². The minimum Gasteiger partial charge on any atom is -0.304 e. The van der Waals surface area contributed by atoms with Gasteiger partial charge in [-0.05, 0) is 40.2 Å². The summed E-state index contributed by atoms with van der Waals surface area (Å²) in [6.07, 6.45) is 3.18. The second kappa shape index (κ2) is 5.46. The molecule has 0 saturated heterocycles. The van der Waals surface area contributed by atoms with E-state index in [0.29, 0.717) is 26.8 Å². The van der Waals surface area contributed by atoms with Crippen LogP contribution in [0.15, 0.2) is 45.9 Å². The normalized spacial score (nSPS) is 11.0. The van der Waals surface area contributed by atoms with Gasteiger partial charge in [0, 0.05) is 16.2 Å². The number of carbonyl (C=O) groups is 1. The largest absolute Gasteiger partial charge is 0.331 e. The van der Waals surface area contributed by atoms with E-state index in [4.69, 9.17) is 11.6 Å². The van der Waals surface area contributed by atoms with Crippen LogP contribution in [0.2, 0.25) is 0 Å². The Labute approximate surface area is 132 Å². The summed E-state index contributed by atoms with van der Waals surface area (Å²) in [6.45, 7) is 0. The molecular weight excluding hydrogens is 358 g/mol. The zero-order valence-electron chi connectivity index (χ0n) is 10.6. The van der Waals surface area contributed by atoms with Crippen LogP contribution in [-0.4, -0.2) is 26.2 Å². The number of hydrogen-bond donors (Lipinski definition) is 1. The SMILES string of the molecule is O=C(CCl)c1ccc(Br)c2[nH]c(=O)n(-c3cccnc3)c12. The quantitative estimate of drug-likeness (QED) is 0.572. The van der Waals surface area contributed by atoms with Crippen LogP contribution in [0.3, 0.4) is 0 Å². The van der Waals surface area contributed by atoms with Crippen LogP contribution < -0.4 is 5.69 Å². The van der Waals surface area contributed by atoms with Crippen molar-refractivity contribution < 1.29 is 4.79 Å². The highest BCUT2D eigenvalue weighted by atomic mass is 79.9. The number of nitrogens with one attached hydrogen (secondary N) is 1. The molecular formula is C14H9BrClN3O2. The first-order valence-electron chi connectivity index (χ1n) is 6.06. The number of nitrogens with zero attached hydrogens (tertiary/aromatic N) is 2. The van der Waals surface area contributed by atoms with Crippen LogP contribution in [0.1, 0.15) is 10.4 Å². The number of rotatable bonds is 3. The molecule has 3 aromatic rings. The molecule has 0 aliphatic carbocycles. The first-order valence-corrected chi connectivity index (χ1v) is 7.39. The highest BCUT2D eigenvalue weighted by molar-refractivity contribution is 9.10. The van der Waals surface area contributed by atoms with Gasteiger partial charge in [0.2, 0.25) is 0 Å². The maximum atomic E-state index is 12.3. The lowest BCUT2D eigenvalue weighted by Gasteiger charge is -2.07. The molecule has 0 aliphatic rings. The minimum atomic E-state index is -0.339. The number of fused-ring (bicyclic) bond motifs is 1. The third-order valence-electron chi connectivity index (χ3n) is 3.11. The fourth-order valence-electron chi connectivity index (χ4n) is 2.21. The number of halogens is 2. The fourth-order valence-corrected chi connectivity index (χ4v) is 2.77. The summed E-state index contributed by atoms with van der Waals surface area (Å²) in [5.74, 6) is -0.394. The number of H-pyrrole nitrogens is 1. The summed E-state index contributed by atoms with van der Waals surface area (Å²) in [5, 5.41) is 0. The van der Waals surface area contributed by atoms with Gasteiger partial charge in [0.15, 0.2) is 5.78 Å². The monoisotopic (exact) mass is 365 g/mol. The van der Waals surface area contributed by atoms with Crippen molar-refractivity contribution in [2.45, 2.75) is 0 Å². The Kier molecular flexibility index (Phi) is 3.65. The van der Waals surface area contributed by atoms with Crippen LogP contribution >= 0.6 is 27.5 Å². The molecule has 0 bridgehead atoms. The van der Waals surface area contributed by atoms with Gasteiger partial charge in [-0.3, -0.25) is 14.3 Å². The van der Waals surface area contributed by atoms with Crippen molar-refractivity contribution in [1.29, 1.82) is 0 Å². The van der Waals surface area contributed by atoms with Crippen molar-refractivity contribution in [2.75, 3.05) is 5.88 Å². The summed E-state index contributed by atoms with van der Waals surface area (Å²) >= 11 is 9.04. The summed E-state index contributed by atoms with van der Waals surface area (Å²) in [5.41, 5.74) is 1.68. The van der Waals surface area contributed by atoms with E-state index < -0.39 is 0 Å². The Morgan fingerprint density at radius 3 is 2.86 bits per heavy atom. The van der Waals surface area contributed by atoms with E-state index in [0.717, 1.165) is 0 Å². The lowest BCUT2D eigenvalue weighted by atomic mass is 10.1. The Bertz CT molecular complexity index is 886. The maximum Gasteiger partial charge on any atom is 0.331 e. The number of pyridine rings is 1. The predicted octanol–water partition coefficient (Wildman–Crippen LogP) is 2.90. The smallest absolute Gasteiger partial charge is 0.304 e. The second-order valence-corrected chi connectivity index (χ2v) is 5.47. The van der Waals surface area contributed by atoms with Gasteiger partial charge < -0.3 is 4.98 Å². The van der Waals surface area contributed by atoms with Gasteiger partial charge in [-0.15, -0.1) is 11.6 Å². The Morgan fingerprint density at radius 1 is 1.38 bits per heavy atom. The number of alkyl halides is 1. The maximum absolute atomic E-state index is 12.3. The lowest BCUT2D eigenvalue weighted by Crippen LogP contribution is -2.16. The number of ketones is 1. The first-order chi connectivity index (χ1) is 10.1. The fraction of sp³-hybridized carbons (Fsp3) is 0.0714. The second-order valence-electron chi connectivity index (χ2n) is 4.35. The molecule has 0 saturated carbocycles. The zero-order valence-corrected chi connectivity index (χ0v) is 13.0. The highest BCUT2D eigenvalue weighted by Gasteiger charge is 2.18. The number of Topliss-reactive ketones (excluding diaryl/α,β-unsaturated/α-hetero) is 1. The highest BCUT2D eigenvalue weighted by Crippen LogP contribution is 2.27. The minimum absolute atomic E-state index is 0.150. The predicted molar refractivity (Wildman–Crippen MR) is 84.4 cm³/mol. The third kappa shape index (κ3) is 2.30. The third-order valence-corrected chi connectivity index (χ3v) is 4.02. The molecule has 0 unspecified atom stereocenters. The Hall–Kier alpha value is -1.92. The van der Waals surface area contributed by atoms with Crippen LogP contribution in [0.5, 0.6) is 0 Å². The molecule has 1 N–H and O–H groups in total. The molecule has 21 heavy (non-hydrogen) atoms. The average molecular weight is 367 g/mol. The molecule has 106 valence electrons. The van der Waals surface area contributed by atoms with Gasteiger partial charge in [0.1, 0.15) is 0 Å². The van der Waals surface area contributed by atoms with E-state index in [-0.39, 0.29) is 17.4 Å². The number of aromatic nitrogens is 3. The molecule has 0 spiro atoms. The van der Waals surface area contributed by atoms with Gasteiger partial charge in [0.05, 0.1) is 28.8 Å². The molecule has 5 nitrogen and oxygen atoms in total. The summed E-state index contributed by atoms with van der Waals surface area (Å²) in [6, 6.07) is 6.84.